The summed E-state index contributed by atoms with van der Waals surface area (Å²) in [6.45, 7) is 12.5. The Morgan fingerprint density at radius 1 is 1.18 bits per heavy atom. The molecule has 4 heteroatoms. The van der Waals surface area contributed by atoms with Crippen LogP contribution in [0.2, 0.25) is 0 Å². The zero-order valence-corrected chi connectivity index (χ0v) is 15.4. The summed E-state index contributed by atoms with van der Waals surface area (Å²) in [7, 11) is 0. The first kappa shape index (κ1) is 19.3. The van der Waals surface area contributed by atoms with Crippen LogP contribution in [0.1, 0.15) is 80.1 Å². The average molecular weight is 312 g/mol. The number of alkyl carbamates (subject to hydrolysis) is 1. The van der Waals surface area contributed by atoms with E-state index in [2.05, 4.69) is 31.4 Å². The molecule has 0 radical (unpaired) electrons. The van der Waals surface area contributed by atoms with Gasteiger partial charge >= 0.3 is 6.09 Å². The first-order chi connectivity index (χ1) is 10.2. The van der Waals surface area contributed by atoms with Crippen LogP contribution in [0.5, 0.6) is 0 Å². The molecule has 1 amide bonds. The minimum Gasteiger partial charge on any atom is -0.444 e. The highest BCUT2D eigenvalue weighted by Gasteiger charge is 2.31. The molecule has 1 saturated carbocycles. The summed E-state index contributed by atoms with van der Waals surface area (Å²) in [5, 5.41) is 6.84. The van der Waals surface area contributed by atoms with Gasteiger partial charge in [-0.15, -0.1) is 0 Å². The normalized spacial score (nSPS) is 24.8. The molecule has 0 bridgehead atoms. The van der Waals surface area contributed by atoms with E-state index in [1.807, 2.05) is 20.8 Å². The van der Waals surface area contributed by atoms with Gasteiger partial charge in [-0.1, -0.05) is 27.2 Å². The average Bonchev–Trinajstić information content (AvgIpc) is 2.82. The second-order valence-corrected chi connectivity index (χ2v) is 7.81. The molecule has 1 fully saturated rings. The third kappa shape index (κ3) is 6.99. The number of hydrogen-bond donors (Lipinski definition) is 2. The van der Waals surface area contributed by atoms with Gasteiger partial charge in [0.05, 0.1) is 0 Å². The van der Waals surface area contributed by atoms with E-state index >= 15 is 0 Å². The second kappa shape index (κ2) is 8.76. The maximum atomic E-state index is 12.0. The molecule has 4 nitrogen and oxygen atoms in total. The fraction of sp³-hybridized carbons (Fsp3) is 0.944. The van der Waals surface area contributed by atoms with Crippen molar-refractivity contribution in [1.82, 2.24) is 10.6 Å². The number of carbonyl (C=O) groups is 1. The maximum Gasteiger partial charge on any atom is 0.407 e. The molecular weight excluding hydrogens is 276 g/mol. The van der Waals surface area contributed by atoms with Gasteiger partial charge in [0.2, 0.25) is 0 Å². The highest BCUT2D eigenvalue weighted by Crippen LogP contribution is 2.22. The predicted molar refractivity (Wildman–Crippen MR) is 92.1 cm³/mol. The van der Waals surface area contributed by atoms with Crippen LogP contribution in [0.25, 0.3) is 0 Å². The molecule has 0 aliphatic heterocycles. The smallest absolute Gasteiger partial charge is 0.407 e. The molecule has 4 unspecified atom stereocenters. The molecule has 22 heavy (non-hydrogen) atoms. The van der Waals surface area contributed by atoms with Crippen molar-refractivity contribution in [3.8, 4) is 0 Å². The van der Waals surface area contributed by atoms with Gasteiger partial charge in [0, 0.05) is 18.1 Å². The molecule has 0 saturated heterocycles. The molecule has 0 aromatic heterocycles. The summed E-state index contributed by atoms with van der Waals surface area (Å²) in [6.07, 6.45) is 6.62. The third-order valence-electron chi connectivity index (χ3n) is 4.54. The van der Waals surface area contributed by atoms with Crippen molar-refractivity contribution >= 4 is 6.09 Å². The molecule has 1 rings (SSSR count). The Balaban J connectivity index is 2.49. The van der Waals surface area contributed by atoms with Gasteiger partial charge in [-0.25, -0.2) is 4.79 Å². The Labute approximate surface area is 136 Å². The summed E-state index contributed by atoms with van der Waals surface area (Å²) in [6, 6.07) is 1.11. The number of carbonyl (C=O) groups excluding carboxylic acids is 1. The molecule has 2 N–H and O–H groups in total. The van der Waals surface area contributed by atoms with E-state index in [0.29, 0.717) is 12.1 Å². The summed E-state index contributed by atoms with van der Waals surface area (Å²) in [5.74, 6) is 0.746. The molecule has 1 aliphatic rings. The van der Waals surface area contributed by atoms with E-state index in [0.717, 1.165) is 31.6 Å². The SMILES string of the molecule is CCC(C)CC(CC)NC1CCCC1NC(=O)OC(C)(C)C. The van der Waals surface area contributed by atoms with Crippen molar-refractivity contribution in [2.45, 2.75) is 104 Å². The molecule has 4 atom stereocenters. The molecular formula is C18H36N2O2. The first-order valence-corrected chi connectivity index (χ1v) is 9.00. The van der Waals surface area contributed by atoms with Crippen molar-refractivity contribution in [2.24, 2.45) is 5.92 Å². The van der Waals surface area contributed by atoms with E-state index < -0.39 is 5.60 Å². The molecule has 130 valence electrons. The fourth-order valence-corrected chi connectivity index (χ4v) is 3.10. The summed E-state index contributed by atoms with van der Waals surface area (Å²) in [4.78, 5) is 12.0. The van der Waals surface area contributed by atoms with Crippen LogP contribution in [-0.2, 0) is 4.74 Å². The van der Waals surface area contributed by atoms with Crippen LogP contribution in [0, 0.1) is 5.92 Å². The monoisotopic (exact) mass is 312 g/mol. The Morgan fingerprint density at radius 3 is 2.36 bits per heavy atom. The zero-order chi connectivity index (χ0) is 16.8. The van der Waals surface area contributed by atoms with E-state index in [4.69, 9.17) is 4.74 Å². The van der Waals surface area contributed by atoms with E-state index in [9.17, 15) is 4.79 Å². The van der Waals surface area contributed by atoms with Crippen LogP contribution in [-0.4, -0.2) is 29.8 Å². The molecule has 0 spiro atoms. The van der Waals surface area contributed by atoms with Crippen LogP contribution in [0.15, 0.2) is 0 Å². The number of amides is 1. The largest absolute Gasteiger partial charge is 0.444 e. The summed E-state index contributed by atoms with van der Waals surface area (Å²) >= 11 is 0. The fourth-order valence-electron chi connectivity index (χ4n) is 3.10. The van der Waals surface area contributed by atoms with Crippen LogP contribution < -0.4 is 10.6 Å². The lowest BCUT2D eigenvalue weighted by molar-refractivity contribution is 0.0496. The lowest BCUT2D eigenvalue weighted by atomic mass is 9.96. The van der Waals surface area contributed by atoms with Gasteiger partial charge in [0.1, 0.15) is 5.60 Å². The van der Waals surface area contributed by atoms with Crippen molar-refractivity contribution in [3.63, 3.8) is 0 Å². The highest BCUT2D eigenvalue weighted by atomic mass is 16.6. The second-order valence-electron chi connectivity index (χ2n) is 7.81. The number of ether oxygens (including phenoxy) is 1. The van der Waals surface area contributed by atoms with Gasteiger partial charge in [-0.05, 0) is 58.8 Å². The standard InChI is InChI=1S/C18H36N2O2/c1-7-13(3)12-14(8-2)19-15-10-9-11-16(15)20-17(21)22-18(4,5)6/h13-16,19H,7-12H2,1-6H3,(H,20,21). The lowest BCUT2D eigenvalue weighted by Crippen LogP contribution is -2.50. The molecule has 0 heterocycles. The van der Waals surface area contributed by atoms with Crippen molar-refractivity contribution in [2.75, 3.05) is 0 Å². The van der Waals surface area contributed by atoms with Gasteiger partial charge < -0.3 is 15.4 Å². The molecule has 0 aromatic rings. The van der Waals surface area contributed by atoms with E-state index in [1.54, 1.807) is 0 Å². The minimum absolute atomic E-state index is 0.195. The lowest BCUT2D eigenvalue weighted by Gasteiger charge is -2.29. The Hall–Kier alpha value is -0.770. The summed E-state index contributed by atoms with van der Waals surface area (Å²) < 4.78 is 5.38. The number of rotatable bonds is 7. The van der Waals surface area contributed by atoms with Crippen molar-refractivity contribution < 1.29 is 9.53 Å². The van der Waals surface area contributed by atoms with Gasteiger partial charge in [-0.2, -0.15) is 0 Å². The van der Waals surface area contributed by atoms with Crippen LogP contribution in [0.4, 0.5) is 4.79 Å². The summed E-state index contributed by atoms with van der Waals surface area (Å²) in [5.41, 5.74) is -0.436. The third-order valence-corrected chi connectivity index (χ3v) is 4.54. The van der Waals surface area contributed by atoms with E-state index in [-0.39, 0.29) is 12.1 Å². The Morgan fingerprint density at radius 2 is 1.82 bits per heavy atom. The molecule has 0 aromatic carbocycles. The van der Waals surface area contributed by atoms with Crippen LogP contribution in [0.3, 0.4) is 0 Å². The topological polar surface area (TPSA) is 50.4 Å². The van der Waals surface area contributed by atoms with Gasteiger partial charge in [-0.3, -0.25) is 0 Å². The van der Waals surface area contributed by atoms with Crippen molar-refractivity contribution in [1.29, 1.82) is 0 Å². The van der Waals surface area contributed by atoms with E-state index in [1.165, 1.54) is 12.8 Å². The maximum absolute atomic E-state index is 12.0. The quantitative estimate of drug-likeness (QED) is 0.739. The van der Waals surface area contributed by atoms with Crippen LogP contribution >= 0.6 is 0 Å². The predicted octanol–water partition coefficient (Wildman–Crippen LogP) is 4.24. The minimum atomic E-state index is -0.436. The Kier molecular flexibility index (Phi) is 7.67. The zero-order valence-electron chi connectivity index (χ0n) is 15.4. The highest BCUT2D eigenvalue weighted by molar-refractivity contribution is 5.68. The number of nitrogens with one attached hydrogen (secondary N) is 2. The number of hydrogen-bond acceptors (Lipinski definition) is 3. The van der Waals surface area contributed by atoms with Gasteiger partial charge in [0.25, 0.3) is 0 Å². The first-order valence-electron chi connectivity index (χ1n) is 9.00. The van der Waals surface area contributed by atoms with Crippen molar-refractivity contribution in [3.05, 3.63) is 0 Å². The molecule has 1 aliphatic carbocycles. The Bertz CT molecular complexity index is 338. The van der Waals surface area contributed by atoms with Gasteiger partial charge in [0.15, 0.2) is 0 Å².